The Labute approximate surface area is 187 Å². The smallest absolute Gasteiger partial charge is 0.374 e. The normalized spacial score (nSPS) is 11.2. The van der Waals surface area contributed by atoms with E-state index in [9.17, 15) is 9.59 Å². The lowest BCUT2D eigenvalue weighted by Gasteiger charge is -2.08. The lowest BCUT2D eigenvalue weighted by molar-refractivity contribution is -0.118. The van der Waals surface area contributed by atoms with Crippen LogP contribution in [0.15, 0.2) is 56.7 Å². The zero-order valence-corrected chi connectivity index (χ0v) is 18.3. The Balaban J connectivity index is 1.63. The molecule has 0 spiro atoms. The lowest BCUT2D eigenvalue weighted by atomic mass is 10.1. The van der Waals surface area contributed by atoms with E-state index in [0.29, 0.717) is 35.3 Å². The summed E-state index contributed by atoms with van der Waals surface area (Å²) in [6.45, 7) is 2.41. The van der Waals surface area contributed by atoms with Gasteiger partial charge in [0.1, 0.15) is 17.2 Å². The van der Waals surface area contributed by atoms with E-state index >= 15 is 0 Å². The number of thioether (sulfide) groups is 1. The van der Waals surface area contributed by atoms with Crippen LogP contribution < -0.4 is 5.73 Å². The fourth-order valence-corrected chi connectivity index (χ4v) is 4.29. The molecule has 9 nitrogen and oxygen atoms in total. The lowest BCUT2D eigenvalue weighted by Crippen LogP contribution is -2.14. The van der Waals surface area contributed by atoms with E-state index in [2.05, 4.69) is 10.2 Å². The number of aromatic nitrogens is 3. The van der Waals surface area contributed by atoms with Crippen molar-refractivity contribution in [2.24, 2.45) is 5.73 Å². The van der Waals surface area contributed by atoms with Crippen molar-refractivity contribution in [2.45, 2.75) is 37.2 Å². The van der Waals surface area contributed by atoms with E-state index in [4.69, 9.17) is 19.3 Å². The Kier molecular flexibility index (Phi) is 6.60. The Morgan fingerprint density at radius 3 is 2.78 bits per heavy atom. The SMILES string of the molecule is CCOC(=O)c1oc2ccccc2c1CSc1nnc(CCC(N)=O)n1Cc1ccco1. The summed E-state index contributed by atoms with van der Waals surface area (Å²) in [5, 5.41) is 10.0. The predicted molar refractivity (Wildman–Crippen MR) is 117 cm³/mol. The Morgan fingerprint density at radius 2 is 2.03 bits per heavy atom. The minimum atomic E-state index is -0.501. The first-order chi connectivity index (χ1) is 15.6. The van der Waals surface area contributed by atoms with Gasteiger partial charge >= 0.3 is 5.97 Å². The van der Waals surface area contributed by atoms with Crippen molar-refractivity contribution in [3.63, 3.8) is 0 Å². The number of esters is 1. The summed E-state index contributed by atoms with van der Waals surface area (Å²) in [4.78, 5) is 23.7. The minimum Gasteiger partial charge on any atom is -0.467 e. The maximum Gasteiger partial charge on any atom is 0.374 e. The Morgan fingerprint density at radius 1 is 1.19 bits per heavy atom. The summed E-state index contributed by atoms with van der Waals surface area (Å²) in [6, 6.07) is 11.1. The summed E-state index contributed by atoms with van der Waals surface area (Å²) in [6.07, 6.45) is 2.13. The molecule has 4 rings (SSSR count). The highest BCUT2D eigenvalue weighted by Crippen LogP contribution is 2.32. The average Bonchev–Trinajstić information content (AvgIpc) is 3.50. The molecule has 0 unspecified atom stereocenters. The van der Waals surface area contributed by atoms with Crippen LogP contribution in [0.3, 0.4) is 0 Å². The summed E-state index contributed by atoms with van der Waals surface area (Å²) in [7, 11) is 0. The molecule has 3 heterocycles. The number of ether oxygens (including phenoxy) is 1. The molecule has 4 aromatic rings. The highest BCUT2D eigenvalue weighted by atomic mass is 32.2. The summed E-state index contributed by atoms with van der Waals surface area (Å²) in [5.74, 6) is 1.05. The summed E-state index contributed by atoms with van der Waals surface area (Å²) < 4.78 is 18.3. The third-order valence-electron chi connectivity index (χ3n) is 4.79. The van der Waals surface area contributed by atoms with Crippen molar-refractivity contribution in [3.05, 3.63) is 65.6 Å². The molecule has 0 bridgehead atoms. The first-order valence-corrected chi connectivity index (χ1v) is 11.1. The van der Waals surface area contributed by atoms with Gasteiger partial charge in [0.25, 0.3) is 0 Å². The largest absolute Gasteiger partial charge is 0.467 e. The number of nitrogens with zero attached hydrogens (tertiary/aromatic N) is 3. The van der Waals surface area contributed by atoms with E-state index < -0.39 is 11.9 Å². The molecule has 0 fully saturated rings. The van der Waals surface area contributed by atoms with Gasteiger partial charge in [-0.05, 0) is 25.1 Å². The molecule has 166 valence electrons. The molecule has 0 radical (unpaired) electrons. The summed E-state index contributed by atoms with van der Waals surface area (Å²) >= 11 is 1.41. The number of amides is 1. The fraction of sp³-hybridized carbons (Fsp3) is 0.273. The predicted octanol–water partition coefficient (Wildman–Crippen LogP) is 3.55. The van der Waals surface area contributed by atoms with Gasteiger partial charge in [-0.1, -0.05) is 30.0 Å². The number of rotatable bonds is 10. The van der Waals surface area contributed by atoms with Gasteiger partial charge in [0, 0.05) is 29.5 Å². The molecular formula is C22H22N4O5S. The van der Waals surface area contributed by atoms with Gasteiger partial charge in [0.2, 0.25) is 11.7 Å². The molecule has 0 aliphatic carbocycles. The molecule has 10 heteroatoms. The average molecular weight is 455 g/mol. The first-order valence-electron chi connectivity index (χ1n) is 10.1. The molecular weight excluding hydrogens is 432 g/mol. The van der Waals surface area contributed by atoms with Crippen LogP contribution in [0.4, 0.5) is 0 Å². The van der Waals surface area contributed by atoms with Crippen molar-refractivity contribution in [1.82, 2.24) is 14.8 Å². The highest BCUT2D eigenvalue weighted by Gasteiger charge is 2.23. The standard InChI is InChI=1S/C22H22N4O5S/c1-2-29-21(28)20-16(15-7-3-4-8-17(15)31-20)13-32-22-25-24-19(10-9-18(23)27)26(22)12-14-6-5-11-30-14/h3-8,11H,2,9-10,12-13H2,1H3,(H2,23,27). The van der Waals surface area contributed by atoms with Crippen molar-refractivity contribution in [2.75, 3.05) is 6.61 Å². The zero-order chi connectivity index (χ0) is 22.5. The third-order valence-corrected chi connectivity index (χ3v) is 5.78. The van der Waals surface area contributed by atoms with Crippen LogP contribution in [-0.2, 0) is 28.2 Å². The Bertz CT molecular complexity index is 1230. The topological polar surface area (TPSA) is 126 Å². The van der Waals surface area contributed by atoms with Crippen LogP contribution in [-0.4, -0.2) is 33.2 Å². The van der Waals surface area contributed by atoms with E-state index in [1.54, 1.807) is 19.3 Å². The number of furan rings is 2. The van der Waals surface area contributed by atoms with Gasteiger partial charge in [0.05, 0.1) is 19.4 Å². The number of carbonyl (C=O) groups is 2. The van der Waals surface area contributed by atoms with Gasteiger partial charge in [-0.2, -0.15) is 0 Å². The Hall–Kier alpha value is -3.53. The highest BCUT2D eigenvalue weighted by molar-refractivity contribution is 7.98. The van der Waals surface area contributed by atoms with Crippen LogP contribution in [0.5, 0.6) is 0 Å². The molecule has 32 heavy (non-hydrogen) atoms. The third kappa shape index (κ3) is 4.70. The maximum absolute atomic E-state index is 12.5. The van der Waals surface area contributed by atoms with Gasteiger partial charge in [0.15, 0.2) is 5.16 Å². The molecule has 0 saturated carbocycles. The molecule has 0 atom stereocenters. The van der Waals surface area contributed by atoms with E-state index in [1.807, 2.05) is 34.9 Å². The van der Waals surface area contributed by atoms with Crippen molar-refractivity contribution in [1.29, 1.82) is 0 Å². The van der Waals surface area contributed by atoms with Crippen molar-refractivity contribution < 1.29 is 23.2 Å². The number of carbonyl (C=O) groups excluding carboxylic acids is 2. The molecule has 0 aliphatic heterocycles. The van der Waals surface area contributed by atoms with Gasteiger partial charge in [-0.15, -0.1) is 10.2 Å². The second kappa shape index (κ2) is 9.73. The number of benzene rings is 1. The second-order valence-corrected chi connectivity index (χ2v) is 7.89. The number of aryl methyl sites for hydroxylation is 1. The summed E-state index contributed by atoms with van der Waals surface area (Å²) in [5.41, 5.74) is 6.65. The maximum atomic E-state index is 12.5. The fourth-order valence-electron chi connectivity index (χ4n) is 3.30. The molecule has 2 N–H and O–H groups in total. The van der Waals surface area contributed by atoms with Crippen molar-refractivity contribution >= 4 is 34.6 Å². The minimum absolute atomic E-state index is 0.167. The van der Waals surface area contributed by atoms with Gasteiger partial charge in [-0.3, -0.25) is 9.36 Å². The molecule has 0 saturated heterocycles. The molecule has 1 amide bonds. The van der Waals surface area contributed by atoms with E-state index in [0.717, 1.165) is 16.7 Å². The van der Waals surface area contributed by atoms with E-state index in [1.165, 1.54) is 11.8 Å². The first kappa shape index (κ1) is 21.7. The van der Waals surface area contributed by atoms with Crippen LogP contribution in [0.25, 0.3) is 11.0 Å². The number of para-hydroxylation sites is 1. The van der Waals surface area contributed by atoms with E-state index in [-0.39, 0.29) is 18.8 Å². The number of primary amides is 1. The molecule has 3 aromatic heterocycles. The quantitative estimate of drug-likeness (QED) is 0.285. The number of fused-ring (bicyclic) bond motifs is 1. The second-order valence-electron chi connectivity index (χ2n) is 6.95. The van der Waals surface area contributed by atoms with Gasteiger partial charge in [-0.25, -0.2) is 4.79 Å². The van der Waals surface area contributed by atoms with Crippen LogP contribution in [0, 0.1) is 0 Å². The zero-order valence-electron chi connectivity index (χ0n) is 17.4. The van der Waals surface area contributed by atoms with Crippen molar-refractivity contribution in [3.8, 4) is 0 Å². The van der Waals surface area contributed by atoms with Gasteiger partial charge < -0.3 is 19.3 Å². The number of hydrogen-bond acceptors (Lipinski definition) is 8. The van der Waals surface area contributed by atoms with Crippen LogP contribution in [0.2, 0.25) is 0 Å². The number of nitrogens with two attached hydrogens (primary N) is 1. The molecule has 0 aliphatic rings. The monoisotopic (exact) mass is 454 g/mol. The molecule has 1 aromatic carbocycles. The number of hydrogen-bond donors (Lipinski definition) is 1. The van der Waals surface area contributed by atoms with Crippen LogP contribution in [0.1, 0.15) is 41.0 Å². The van der Waals surface area contributed by atoms with Crippen LogP contribution >= 0.6 is 11.8 Å².